The van der Waals surface area contributed by atoms with E-state index in [4.69, 9.17) is 8.53 Å². The molecule has 4 nitrogen and oxygen atoms in total. The maximum absolute atomic E-state index is 7.61. The first kappa shape index (κ1) is 11.1. The molecule has 114 valence electrons. The zero-order valence-corrected chi connectivity index (χ0v) is 13.4. The molecule has 0 saturated carbocycles. The number of pyridine rings is 2. The summed E-state index contributed by atoms with van der Waals surface area (Å²) >= 11 is 0. The molecule has 4 heterocycles. The third-order valence-electron chi connectivity index (χ3n) is 4.37. The van der Waals surface area contributed by atoms with Crippen LogP contribution in [-0.4, -0.2) is 11.8 Å². The molecule has 1 aliphatic rings. The highest BCUT2D eigenvalue weighted by molar-refractivity contribution is 6.77. The third-order valence-corrected chi connectivity index (χ3v) is 4.37. The fourth-order valence-corrected chi connectivity index (χ4v) is 3.39. The second-order valence-corrected chi connectivity index (χ2v) is 5.95. The number of aromatic nitrogens is 2. The lowest BCUT2D eigenvalue weighted by Gasteiger charge is -2.23. The summed E-state index contributed by atoms with van der Waals surface area (Å²) in [6.07, 6.45) is 3.40. The van der Waals surface area contributed by atoms with Gasteiger partial charge in [-0.2, -0.15) is 0 Å². The SMILES string of the molecule is [2H]C([2H])([2H])c1ccc(N2B(C)C=c3oc4ncccc4c3=C2C)[n+](C)c1. The monoisotopic (exact) mass is 307 g/mol. The lowest BCUT2D eigenvalue weighted by atomic mass is 9.61. The van der Waals surface area contributed by atoms with Gasteiger partial charge in [0, 0.05) is 16.4 Å². The van der Waals surface area contributed by atoms with Crippen molar-refractivity contribution in [2.45, 2.75) is 20.6 Å². The van der Waals surface area contributed by atoms with E-state index < -0.39 is 6.85 Å². The minimum Gasteiger partial charge on any atom is -0.439 e. The molecule has 0 bridgehead atoms. The summed E-state index contributed by atoms with van der Waals surface area (Å²) in [7, 11) is 1.87. The molecule has 0 spiro atoms. The van der Waals surface area contributed by atoms with Crippen LogP contribution in [0.25, 0.3) is 22.8 Å². The summed E-state index contributed by atoms with van der Waals surface area (Å²) in [5, 5.41) is 2.01. The van der Waals surface area contributed by atoms with Crippen molar-refractivity contribution in [3.63, 3.8) is 0 Å². The Hall–Kier alpha value is -2.56. The second kappa shape index (κ2) is 4.98. The Balaban J connectivity index is 1.94. The highest BCUT2D eigenvalue weighted by atomic mass is 16.3. The van der Waals surface area contributed by atoms with Gasteiger partial charge in [0.1, 0.15) is 5.42 Å². The maximum Gasteiger partial charge on any atom is 0.405 e. The smallest absolute Gasteiger partial charge is 0.405 e. The molecule has 23 heavy (non-hydrogen) atoms. The van der Waals surface area contributed by atoms with E-state index in [2.05, 4.69) is 29.5 Å². The van der Waals surface area contributed by atoms with Gasteiger partial charge in [0.05, 0.1) is 29.5 Å². The Morgan fingerprint density at radius 1 is 1.35 bits per heavy atom. The van der Waals surface area contributed by atoms with Crippen LogP contribution in [0.5, 0.6) is 0 Å². The molecule has 0 aromatic carbocycles. The molecular weight excluding hydrogens is 285 g/mol. The maximum atomic E-state index is 7.61. The highest BCUT2D eigenvalue weighted by Crippen LogP contribution is 2.20. The van der Waals surface area contributed by atoms with E-state index in [-0.39, 0.29) is 6.85 Å². The fourth-order valence-electron chi connectivity index (χ4n) is 3.39. The molecule has 5 heteroatoms. The summed E-state index contributed by atoms with van der Waals surface area (Å²) in [5.41, 5.74) is 2.85. The number of fused-ring (bicyclic) bond motifs is 3. The van der Waals surface area contributed by atoms with E-state index in [0.717, 1.165) is 27.5 Å². The van der Waals surface area contributed by atoms with Crippen LogP contribution < -0.4 is 20.0 Å². The molecule has 0 atom stereocenters. The first-order chi connectivity index (χ1) is 12.3. The van der Waals surface area contributed by atoms with Crippen molar-refractivity contribution in [1.82, 2.24) is 4.98 Å². The van der Waals surface area contributed by atoms with Gasteiger partial charge in [-0.15, -0.1) is 0 Å². The second-order valence-electron chi connectivity index (χ2n) is 5.95. The minimum atomic E-state index is -2.12. The Kier molecular flexibility index (Phi) is 2.39. The minimum absolute atomic E-state index is 0.0628. The van der Waals surface area contributed by atoms with Gasteiger partial charge in [-0.1, -0.05) is 0 Å². The normalized spacial score (nSPS) is 16.7. The summed E-state index contributed by atoms with van der Waals surface area (Å²) < 4.78 is 30.6. The topological polar surface area (TPSA) is 33.2 Å². The predicted molar refractivity (Wildman–Crippen MR) is 93.3 cm³/mol. The quantitative estimate of drug-likeness (QED) is 0.505. The molecule has 0 fully saturated rings. The number of nitrogens with zero attached hydrogens (tertiary/aromatic N) is 3. The van der Waals surface area contributed by atoms with Gasteiger partial charge in [-0.3, -0.25) is 4.81 Å². The van der Waals surface area contributed by atoms with Gasteiger partial charge in [0.15, 0.2) is 0 Å². The van der Waals surface area contributed by atoms with Crippen molar-refractivity contribution in [3.05, 3.63) is 52.9 Å². The Morgan fingerprint density at radius 3 is 3.00 bits per heavy atom. The van der Waals surface area contributed by atoms with Gasteiger partial charge < -0.3 is 4.42 Å². The van der Waals surface area contributed by atoms with Crippen LogP contribution in [-0.2, 0) is 7.05 Å². The molecule has 0 radical (unpaired) electrons. The van der Waals surface area contributed by atoms with Crippen LogP contribution in [0.4, 0.5) is 5.82 Å². The number of hydrogen-bond donors (Lipinski definition) is 0. The largest absolute Gasteiger partial charge is 0.439 e. The van der Waals surface area contributed by atoms with Gasteiger partial charge in [-0.05, 0) is 50.3 Å². The highest BCUT2D eigenvalue weighted by Gasteiger charge is 2.33. The average Bonchev–Trinajstić information content (AvgIpc) is 2.93. The van der Waals surface area contributed by atoms with Crippen LogP contribution in [0.2, 0.25) is 6.82 Å². The van der Waals surface area contributed by atoms with Crippen LogP contribution >= 0.6 is 0 Å². The molecule has 0 N–H and O–H groups in total. The standard InChI is InChI=1S/C18H19BN3O/c1-12-7-8-16(21(4)11-12)22-13(2)17-14-6-5-9-20-18(14)23-15(17)10-19(22)3/h5-11H,1-4H3/q+1/i1D3. The number of furan rings is 1. The van der Waals surface area contributed by atoms with Gasteiger partial charge in [0.2, 0.25) is 5.71 Å². The van der Waals surface area contributed by atoms with Crippen LogP contribution in [0.3, 0.4) is 0 Å². The van der Waals surface area contributed by atoms with E-state index in [1.165, 1.54) is 0 Å². The lowest BCUT2D eigenvalue weighted by Crippen LogP contribution is -2.50. The zero-order chi connectivity index (χ0) is 18.6. The summed E-state index contributed by atoms with van der Waals surface area (Å²) in [4.78, 5) is 6.50. The van der Waals surface area contributed by atoms with Crippen molar-refractivity contribution < 1.29 is 13.1 Å². The van der Waals surface area contributed by atoms with Gasteiger partial charge in [0.25, 0.3) is 5.82 Å². The van der Waals surface area contributed by atoms with E-state index >= 15 is 0 Å². The molecule has 0 amide bonds. The first-order valence-electron chi connectivity index (χ1n) is 9.13. The molecule has 0 saturated heterocycles. The Bertz CT molecular complexity index is 1140. The number of aryl methyl sites for hydroxylation is 2. The molecule has 4 rings (SSSR count). The number of hydrogen-bond acceptors (Lipinski definition) is 3. The van der Waals surface area contributed by atoms with Crippen LogP contribution in [0.1, 0.15) is 16.6 Å². The summed E-state index contributed by atoms with van der Waals surface area (Å²) in [6, 6.07) is 7.45. The van der Waals surface area contributed by atoms with Crippen molar-refractivity contribution in [2.75, 3.05) is 4.81 Å². The van der Waals surface area contributed by atoms with E-state index in [1.54, 1.807) is 18.5 Å². The Morgan fingerprint density at radius 2 is 2.22 bits per heavy atom. The molecule has 1 aliphatic heterocycles. The molecule has 0 unspecified atom stereocenters. The molecular formula is C18H19BN3O+. The lowest BCUT2D eigenvalue weighted by molar-refractivity contribution is -0.658. The van der Waals surface area contributed by atoms with Gasteiger partial charge in [-0.25, -0.2) is 9.55 Å². The summed E-state index contributed by atoms with van der Waals surface area (Å²) in [5.74, 6) is 2.99. The Labute approximate surface area is 139 Å². The number of anilines is 1. The number of rotatable bonds is 1. The van der Waals surface area contributed by atoms with E-state index in [9.17, 15) is 0 Å². The predicted octanol–water partition coefficient (Wildman–Crippen LogP) is 1.55. The molecule has 3 aromatic heterocycles. The average molecular weight is 307 g/mol. The molecule has 0 aliphatic carbocycles. The van der Waals surface area contributed by atoms with Crippen molar-refractivity contribution in [2.24, 2.45) is 7.05 Å². The van der Waals surface area contributed by atoms with E-state index in [0.29, 0.717) is 11.3 Å². The zero-order valence-electron chi connectivity index (χ0n) is 16.4. The van der Waals surface area contributed by atoms with Crippen LogP contribution in [0, 0.1) is 6.85 Å². The van der Waals surface area contributed by atoms with E-state index in [1.807, 2.05) is 29.8 Å². The fraction of sp³-hybridized carbons (Fsp3) is 0.222. The third kappa shape index (κ3) is 2.07. The van der Waals surface area contributed by atoms with Gasteiger partial charge >= 0.3 is 6.85 Å². The van der Waals surface area contributed by atoms with Crippen molar-refractivity contribution in [3.8, 4) is 0 Å². The summed E-state index contributed by atoms with van der Waals surface area (Å²) in [6.45, 7) is 2.09. The first-order valence-corrected chi connectivity index (χ1v) is 7.63. The molecule has 3 aromatic rings. The van der Waals surface area contributed by atoms with Crippen molar-refractivity contribution >= 4 is 35.4 Å². The van der Waals surface area contributed by atoms with Crippen LogP contribution in [0.15, 0.2) is 41.1 Å². The van der Waals surface area contributed by atoms with Crippen molar-refractivity contribution in [1.29, 1.82) is 0 Å².